The number of carbonyl (C=O) groups is 1. The quantitative estimate of drug-likeness (QED) is 0.588. The zero-order valence-corrected chi connectivity index (χ0v) is 15.2. The Labute approximate surface area is 155 Å². The van der Waals surface area contributed by atoms with Crippen molar-refractivity contribution in [3.63, 3.8) is 0 Å². The van der Waals surface area contributed by atoms with Gasteiger partial charge in [-0.3, -0.25) is 4.79 Å². The Bertz CT molecular complexity index is 1050. The predicted octanol–water partition coefficient (Wildman–Crippen LogP) is 3.74. The fourth-order valence-corrected chi connectivity index (χ4v) is 3.69. The molecule has 0 aliphatic heterocycles. The second-order valence-electron chi connectivity index (χ2n) is 6.04. The molecule has 0 fully saturated rings. The van der Waals surface area contributed by atoms with Gasteiger partial charge in [-0.25, -0.2) is 4.52 Å². The van der Waals surface area contributed by atoms with Gasteiger partial charge >= 0.3 is 0 Å². The van der Waals surface area contributed by atoms with Crippen molar-refractivity contribution in [2.75, 3.05) is 6.54 Å². The van der Waals surface area contributed by atoms with Crippen LogP contribution in [0.25, 0.3) is 16.3 Å². The number of benzene rings is 2. The molecule has 26 heavy (non-hydrogen) atoms. The second kappa shape index (κ2) is 7.09. The van der Waals surface area contributed by atoms with E-state index in [-0.39, 0.29) is 5.91 Å². The average Bonchev–Trinajstić information content (AvgIpc) is 3.24. The van der Waals surface area contributed by atoms with Crippen LogP contribution in [-0.2, 0) is 6.42 Å². The topological polar surface area (TPSA) is 59.3 Å². The van der Waals surface area contributed by atoms with Crippen molar-refractivity contribution in [2.45, 2.75) is 13.3 Å². The Kier molecular flexibility index (Phi) is 4.50. The molecular formula is C20H18N4OS. The SMILES string of the molecule is Cc1ccccc1-c1nc2scc(CCNC(=O)c3ccccc3)n2n1. The summed E-state index contributed by atoms with van der Waals surface area (Å²) in [6.45, 7) is 2.61. The molecule has 2 aromatic carbocycles. The minimum Gasteiger partial charge on any atom is -0.352 e. The van der Waals surface area contributed by atoms with Crippen molar-refractivity contribution in [1.82, 2.24) is 19.9 Å². The average molecular weight is 362 g/mol. The maximum absolute atomic E-state index is 12.1. The van der Waals surface area contributed by atoms with Gasteiger partial charge in [0.1, 0.15) is 0 Å². The minimum absolute atomic E-state index is 0.0590. The maximum Gasteiger partial charge on any atom is 0.251 e. The number of aromatic nitrogens is 3. The molecular weight excluding hydrogens is 344 g/mol. The van der Waals surface area contributed by atoms with Crippen molar-refractivity contribution in [3.05, 3.63) is 76.8 Å². The van der Waals surface area contributed by atoms with Gasteiger partial charge in [0.05, 0.1) is 5.69 Å². The summed E-state index contributed by atoms with van der Waals surface area (Å²) in [5, 5.41) is 9.66. The van der Waals surface area contributed by atoms with Crippen LogP contribution >= 0.6 is 11.3 Å². The van der Waals surface area contributed by atoms with Gasteiger partial charge < -0.3 is 5.32 Å². The van der Waals surface area contributed by atoms with E-state index in [2.05, 4.69) is 28.4 Å². The number of nitrogens with zero attached hydrogens (tertiary/aromatic N) is 3. The lowest BCUT2D eigenvalue weighted by atomic mass is 10.1. The Morgan fingerprint density at radius 3 is 2.69 bits per heavy atom. The van der Waals surface area contributed by atoms with E-state index >= 15 is 0 Å². The van der Waals surface area contributed by atoms with E-state index < -0.39 is 0 Å². The molecule has 1 N–H and O–H groups in total. The number of carbonyl (C=O) groups excluding carboxylic acids is 1. The lowest BCUT2D eigenvalue weighted by Crippen LogP contribution is -2.25. The molecule has 0 bridgehead atoms. The van der Waals surface area contributed by atoms with Gasteiger partial charge in [-0.1, -0.05) is 42.5 Å². The highest BCUT2D eigenvalue weighted by molar-refractivity contribution is 7.15. The highest BCUT2D eigenvalue weighted by Gasteiger charge is 2.13. The lowest BCUT2D eigenvalue weighted by molar-refractivity contribution is 0.0954. The van der Waals surface area contributed by atoms with Crippen LogP contribution in [0.3, 0.4) is 0 Å². The number of hydrogen-bond acceptors (Lipinski definition) is 4. The molecule has 130 valence electrons. The van der Waals surface area contributed by atoms with Gasteiger partial charge in [-0.05, 0) is 24.6 Å². The van der Waals surface area contributed by atoms with Crippen LogP contribution in [0.15, 0.2) is 60.0 Å². The first-order valence-corrected chi connectivity index (χ1v) is 9.33. The Balaban J connectivity index is 1.48. The van der Waals surface area contributed by atoms with Crippen LogP contribution in [-0.4, -0.2) is 27.0 Å². The van der Waals surface area contributed by atoms with E-state index in [1.54, 1.807) is 11.3 Å². The summed E-state index contributed by atoms with van der Waals surface area (Å²) < 4.78 is 1.88. The van der Waals surface area contributed by atoms with Crippen LogP contribution in [0.5, 0.6) is 0 Å². The molecule has 0 aliphatic rings. The number of thiazole rings is 1. The van der Waals surface area contributed by atoms with Crippen molar-refractivity contribution >= 4 is 22.2 Å². The molecule has 4 aromatic rings. The van der Waals surface area contributed by atoms with Crippen LogP contribution in [0, 0.1) is 6.92 Å². The van der Waals surface area contributed by atoms with Gasteiger partial charge in [0.2, 0.25) is 4.96 Å². The van der Waals surface area contributed by atoms with E-state index in [4.69, 9.17) is 0 Å². The van der Waals surface area contributed by atoms with Crippen LogP contribution < -0.4 is 5.32 Å². The fraction of sp³-hybridized carbons (Fsp3) is 0.150. The lowest BCUT2D eigenvalue weighted by Gasteiger charge is -2.04. The number of aryl methyl sites for hydroxylation is 1. The smallest absolute Gasteiger partial charge is 0.251 e. The molecule has 0 aliphatic carbocycles. The molecule has 0 saturated carbocycles. The van der Waals surface area contributed by atoms with E-state index in [0.29, 0.717) is 18.5 Å². The fourth-order valence-electron chi connectivity index (χ4n) is 2.83. The third-order valence-corrected chi connectivity index (χ3v) is 5.10. The van der Waals surface area contributed by atoms with Gasteiger partial charge in [0, 0.05) is 29.5 Å². The number of amides is 1. The predicted molar refractivity (Wildman–Crippen MR) is 104 cm³/mol. The molecule has 0 unspecified atom stereocenters. The summed E-state index contributed by atoms with van der Waals surface area (Å²) in [5.41, 5.74) is 3.92. The van der Waals surface area contributed by atoms with Gasteiger partial charge in [-0.15, -0.1) is 16.4 Å². The van der Waals surface area contributed by atoms with Crippen LogP contribution in [0.1, 0.15) is 21.6 Å². The van der Waals surface area contributed by atoms with Gasteiger partial charge in [0.25, 0.3) is 5.91 Å². The van der Waals surface area contributed by atoms with E-state index in [0.717, 1.165) is 27.6 Å². The number of fused-ring (bicyclic) bond motifs is 1. The Morgan fingerprint density at radius 1 is 1.12 bits per heavy atom. The largest absolute Gasteiger partial charge is 0.352 e. The highest BCUT2D eigenvalue weighted by atomic mass is 32.1. The Hall–Kier alpha value is -2.99. The zero-order chi connectivity index (χ0) is 17.9. The molecule has 4 rings (SSSR count). The summed E-state index contributed by atoms with van der Waals surface area (Å²) in [5.74, 6) is 0.681. The summed E-state index contributed by atoms with van der Waals surface area (Å²) in [4.78, 5) is 17.6. The number of hydrogen-bond donors (Lipinski definition) is 1. The molecule has 5 nitrogen and oxygen atoms in total. The standard InChI is InChI=1S/C20H18N4OS/c1-14-7-5-6-10-17(14)18-22-20-24(23-18)16(13-26-20)11-12-21-19(25)15-8-3-2-4-9-15/h2-10,13H,11-12H2,1H3,(H,21,25). The molecule has 2 heterocycles. The first kappa shape index (κ1) is 16.5. The zero-order valence-electron chi connectivity index (χ0n) is 14.3. The summed E-state index contributed by atoms with van der Waals surface area (Å²) in [7, 11) is 0. The Morgan fingerprint density at radius 2 is 1.88 bits per heavy atom. The second-order valence-corrected chi connectivity index (χ2v) is 6.88. The summed E-state index contributed by atoms with van der Waals surface area (Å²) in [6.07, 6.45) is 0.704. The molecule has 0 spiro atoms. The van der Waals surface area contributed by atoms with Crippen LogP contribution in [0.2, 0.25) is 0 Å². The van der Waals surface area contributed by atoms with E-state index in [1.165, 1.54) is 0 Å². The maximum atomic E-state index is 12.1. The molecule has 0 saturated heterocycles. The molecule has 0 atom stereocenters. The molecule has 1 amide bonds. The first-order chi connectivity index (χ1) is 12.7. The summed E-state index contributed by atoms with van der Waals surface area (Å²) >= 11 is 1.57. The molecule has 2 aromatic heterocycles. The van der Waals surface area contributed by atoms with E-state index in [1.807, 2.05) is 58.4 Å². The van der Waals surface area contributed by atoms with E-state index in [9.17, 15) is 4.79 Å². The summed E-state index contributed by atoms with van der Waals surface area (Å²) in [6, 6.07) is 17.3. The minimum atomic E-state index is -0.0590. The third kappa shape index (κ3) is 3.23. The number of rotatable bonds is 5. The van der Waals surface area contributed by atoms with Crippen LogP contribution in [0.4, 0.5) is 0 Å². The van der Waals surface area contributed by atoms with Crippen molar-refractivity contribution in [1.29, 1.82) is 0 Å². The van der Waals surface area contributed by atoms with Crippen molar-refractivity contribution < 1.29 is 4.79 Å². The monoisotopic (exact) mass is 362 g/mol. The third-order valence-electron chi connectivity index (χ3n) is 4.24. The van der Waals surface area contributed by atoms with Gasteiger partial charge in [-0.2, -0.15) is 4.98 Å². The van der Waals surface area contributed by atoms with Gasteiger partial charge in [0.15, 0.2) is 5.82 Å². The normalized spacial score (nSPS) is 11.0. The molecule has 6 heteroatoms. The van der Waals surface area contributed by atoms with Crippen molar-refractivity contribution in [2.24, 2.45) is 0 Å². The number of nitrogens with one attached hydrogen (secondary N) is 1. The van der Waals surface area contributed by atoms with Crippen molar-refractivity contribution in [3.8, 4) is 11.4 Å². The molecule has 0 radical (unpaired) electrons. The first-order valence-electron chi connectivity index (χ1n) is 8.45. The highest BCUT2D eigenvalue weighted by Crippen LogP contribution is 2.23.